The van der Waals surface area contributed by atoms with Gasteiger partial charge in [-0.25, -0.2) is 9.78 Å². The Kier molecular flexibility index (Phi) is 5.26. The van der Waals surface area contributed by atoms with Crippen LogP contribution in [-0.2, 0) is 16.0 Å². The van der Waals surface area contributed by atoms with E-state index in [9.17, 15) is 14.4 Å². The second-order valence-electron chi connectivity index (χ2n) is 3.56. The van der Waals surface area contributed by atoms with E-state index in [1.54, 1.807) is 0 Å². The molecule has 0 saturated heterocycles. The van der Waals surface area contributed by atoms with E-state index in [0.717, 1.165) is 0 Å². The van der Waals surface area contributed by atoms with Crippen LogP contribution in [0.5, 0.6) is 0 Å². The van der Waals surface area contributed by atoms with Gasteiger partial charge in [-0.3, -0.25) is 14.7 Å². The number of hydrogen-bond donors (Lipinski definition) is 4. The Bertz CT molecular complexity index is 430. The molecule has 4 N–H and O–H groups in total. The van der Waals surface area contributed by atoms with Gasteiger partial charge in [-0.15, -0.1) is 0 Å². The lowest BCUT2D eigenvalue weighted by atomic mass is 10.4. The van der Waals surface area contributed by atoms with E-state index in [1.807, 2.05) is 0 Å². The van der Waals surface area contributed by atoms with Gasteiger partial charge in [-0.1, -0.05) is 0 Å². The minimum Gasteiger partial charge on any atom is -0.480 e. The van der Waals surface area contributed by atoms with Crippen LogP contribution >= 0.6 is 0 Å². The van der Waals surface area contributed by atoms with Crippen LogP contribution in [-0.4, -0.2) is 67.9 Å². The summed E-state index contributed by atoms with van der Waals surface area (Å²) in [6, 6.07) is -0.760. The van der Waals surface area contributed by atoms with E-state index in [0.29, 0.717) is 17.1 Å². The lowest BCUT2D eigenvalue weighted by Crippen LogP contribution is -2.45. The number of carboxylic acids is 2. The third-order valence-electron chi connectivity index (χ3n) is 2.04. The molecule has 19 heavy (non-hydrogen) atoms. The second kappa shape index (κ2) is 6.93. The van der Waals surface area contributed by atoms with Gasteiger partial charge < -0.3 is 20.4 Å². The fourth-order valence-corrected chi connectivity index (χ4v) is 1.28. The summed E-state index contributed by atoms with van der Waals surface area (Å²) >= 11 is 0. The van der Waals surface area contributed by atoms with Gasteiger partial charge in [0.1, 0.15) is 25.2 Å². The molecule has 0 aromatic carbocycles. The number of nitrogens with one attached hydrogen (secondary N) is 2. The molecule has 0 aliphatic heterocycles. The Balaban J connectivity index is 2.42. The molecule has 1 aromatic heterocycles. The van der Waals surface area contributed by atoms with Crippen molar-refractivity contribution in [1.82, 2.24) is 25.4 Å². The number of aromatic amines is 1. The molecule has 104 valence electrons. The fourth-order valence-electron chi connectivity index (χ4n) is 1.28. The maximum Gasteiger partial charge on any atom is 0.323 e. The molecule has 1 aromatic rings. The molecule has 10 nitrogen and oxygen atoms in total. The summed E-state index contributed by atoms with van der Waals surface area (Å²) in [5.41, 5.74) is 0. The summed E-state index contributed by atoms with van der Waals surface area (Å²) in [5.74, 6) is -2.01. The van der Waals surface area contributed by atoms with Crippen LogP contribution < -0.4 is 5.32 Å². The van der Waals surface area contributed by atoms with Gasteiger partial charge in [0.05, 0.1) is 0 Å². The van der Waals surface area contributed by atoms with Gasteiger partial charge in [-0.2, -0.15) is 5.10 Å². The predicted molar refractivity (Wildman–Crippen MR) is 60.3 cm³/mol. The lowest BCUT2D eigenvalue weighted by Gasteiger charge is -2.18. The lowest BCUT2D eigenvalue weighted by molar-refractivity contribution is -0.140. The molecule has 0 unspecified atom stereocenters. The summed E-state index contributed by atoms with van der Waals surface area (Å²) < 4.78 is 0. The van der Waals surface area contributed by atoms with Gasteiger partial charge in [0, 0.05) is 13.0 Å². The van der Waals surface area contributed by atoms with Crippen LogP contribution in [0.25, 0.3) is 0 Å². The van der Waals surface area contributed by atoms with E-state index >= 15 is 0 Å². The zero-order chi connectivity index (χ0) is 14.3. The number of carbonyl (C=O) groups excluding carboxylic acids is 1. The van der Waals surface area contributed by atoms with Crippen LogP contribution in [0.2, 0.25) is 0 Å². The third-order valence-corrected chi connectivity index (χ3v) is 2.04. The molecule has 0 aliphatic carbocycles. The Hall–Kier alpha value is -2.65. The van der Waals surface area contributed by atoms with Crippen molar-refractivity contribution < 1.29 is 24.6 Å². The van der Waals surface area contributed by atoms with Gasteiger partial charge in [0.15, 0.2) is 0 Å². The zero-order valence-electron chi connectivity index (χ0n) is 9.87. The molecular formula is C9H13N5O5. The molecule has 1 rings (SSSR count). The number of urea groups is 1. The molecule has 10 heteroatoms. The molecule has 2 amide bonds. The van der Waals surface area contributed by atoms with Gasteiger partial charge >= 0.3 is 18.0 Å². The van der Waals surface area contributed by atoms with Crippen molar-refractivity contribution in [2.45, 2.75) is 6.42 Å². The van der Waals surface area contributed by atoms with E-state index in [2.05, 4.69) is 20.5 Å². The Morgan fingerprint density at radius 1 is 1.26 bits per heavy atom. The first kappa shape index (κ1) is 14.4. The minimum atomic E-state index is -1.29. The Morgan fingerprint density at radius 3 is 2.37 bits per heavy atom. The van der Waals surface area contributed by atoms with Gasteiger partial charge in [0.2, 0.25) is 0 Å². The molecular weight excluding hydrogens is 258 g/mol. The maximum atomic E-state index is 11.6. The molecule has 1 heterocycles. The number of rotatable bonds is 7. The number of aromatic nitrogens is 3. The normalized spacial score (nSPS) is 9.89. The number of carbonyl (C=O) groups is 3. The summed E-state index contributed by atoms with van der Waals surface area (Å²) in [5, 5.41) is 25.8. The number of hydrogen-bond acceptors (Lipinski definition) is 5. The van der Waals surface area contributed by atoms with Crippen LogP contribution in [0.3, 0.4) is 0 Å². The average Bonchev–Trinajstić information content (AvgIpc) is 2.79. The number of amides is 2. The highest BCUT2D eigenvalue weighted by Gasteiger charge is 2.19. The van der Waals surface area contributed by atoms with Crippen molar-refractivity contribution in [1.29, 1.82) is 0 Å². The quantitative estimate of drug-likeness (QED) is 0.473. The second-order valence-corrected chi connectivity index (χ2v) is 3.56. The fraction of sp³-hybridized carbons (Fsp3) is 0.444. The van der Waals surface area contributed by atoms with Crippen molar-refractivity contribution in [2.75, 3.05) is 19.6 Å². The maximum absolute atomic E-state index is 11.6. The van der Waals surface area contributed by atoms with E-state index in [1.165, 1.54) is 6.33 Å². The van der Waals surface area contributed by atoms with Crippen molar-refractivity contribution >= 4 is 18.0 Å². The first-order valence-corrected chi connectivity index (χ1v) is 5.29. The highest BCUT2D eigenvalue weighted by atomic mass is 16.4. The van der Waals surface area contributed by atoms with Gasteiger partial charge in [0.25, 0.3) is 0 Å². The first-order valence-electron chi connectivity index (χ1n) is 5.29. The van der Waals surface area contributed by atoms with E-state index < -0.39 is 31.1 Å². The molecule has 0 atom stereocenters. The summed E-state index contributed by atoms with van der Waals surface area (Å²) in [7, 11) is 0. The molecule has 0 spiro atoms. The number of H-pyrrole nitrogens is 1. The predicted octanol–water partition coefficient (Wildman–Crippen LogP) is -1.47. The van der Waals surface area contributed by atoms with Crippen molar-refractivity contribution in [3.63, 3.8) is 0 Å². The number of aliphatic carboxylic acids is 2. The Morgan fingerprint density at radius 2 is 1.89 bits per heavy atom. The van der Waals surface area contributed by atoms with Crippen molar-refractivity contribution in [2.24, 2.45) is 0 Å². The topological polar surface area (TPSA) is 149 Å². The molecule has 0 bridgehead atoms. The van der Waals surface area contributed by atoms with E-state index in [-0.39, 0.29) is 6.54 Å². The minimum absolute atomic E-state index is 0.184. The summed E-state index contributed by atoms with van der Waals surface area (Å²) in [4.78, 5) is 37.1. The van der Waals surface area contributed by atoms with Crippen molar-refractivity contribution in [3.8, 4) is 0 Å². The highest BCUT2D eigenvalue weighted by Crippen LogP contribution is 1.91. The molecule has 0 fully saturated rings. The van der Waals surface area contributed by atoms with Crippen LogP contribution in [0.4, 0.5) is 4.79 Å². The average molecular weight is 271 g/mol. The monoisotopic (exact) mass is 271 g/mol. The van der Waals surface area contributed by atoms with Gasteiger partial charge in [-0.05, 0) is 0 Å². The Labute approximate surface area is 107 Å². The number of nitrogens with zero attached hydrogens (tertiary/aromatic N) is 3. The smallest absolute Gasteiger partial charge is 0.323 e. The third kappa shape index (κ3) is 5.48. The summed E-state index contributed by atoms with van der Waals surface area (Å²) in [6.45, 7) is -1.18. The standard InChI is InChI=1S/C9H13N5O5/c15-7(16)3-14(4-8(17)18)9(19)10-2-1-6-11-5-12-13-6/h5H,1-4H2,(H,10,19)(H,15,16)(H,17,18)(H,11,12,13). The van der Waals surface area contributed by atoms with Crippen LogP contribution in [0.1, 0.15) is 5.82 Å². The molecule has 0 saturated carbocycles. The number of carboxylic acid groups (broad SMARTS) is 2. The highest BCUT2D eigenvalue weighted by molar-refractivity contribution is 5.84. The first-order chi connectivity index (χ1) is 8.99. The van der Waals surface area contributed by atoms with E-state index in [4.69, 9.17) is 10.2 Å². The zero-order valence-corrected chi connectivity index (χ0v) is 9.87. The molecule has 0 radical (unpaired) electrons. The van der Waals surface area contributed by atoms with Crippen molar-refractivity contribution in [3.05, 3.63) is 12.2 Å². The largest absolute Gasteiger partial charge is 0.480 e. The van der Waals surface area contributed by atoms with Crippen LogP contribution in [0, 0.1) is 0 Å². The van der Waals surface area contributed by atoms with Crippen LogP contribution in [0.15, 0.2) is 6.33 Å². The molecule has 0 aliphatic rings. The summed E-state index contributed by atoms with van der Waals surface area (Å²) in [6.07, 6.45) is 1.69. The SMILES string of the molecule is O=C(O)CN(CC(=O)O)C(=O)NCCc1ncn[nH]1.